The Labute approximate surface area is 179 Å². The molecule has 0 bridgehead atoms. The Hall–Kier alpha value is -2.53. The zero-order valence-corrected chi connectivity index (χ0v) is 17.4. The first-order chi connectivity index (χ1) is 14.0. The Morgan fingerprint density at radius 3 is 2.59 bits per heavy atom. The van der Waals surface area contributed by atoms with Crippen LogP contribution in [0.4, 0.5) is 0 Å². The second kappa shape index (κ2) is 8.07. The molecule has 0 saturated carbocycles. The molecule has 1 heterocycles. The van der Waals surface area contributed by atoms with Gasteiger partial charge in [0.05, 0.1) is 18.2 Å². The highest BCUT2D eigenvalue weighted by Gasteiger charge is 2.39. The molecular weight excluding hydrogens is 409 g/mol. The third-order valence-electron chi connectivity index (χ3n) is 5.09. The molecule has 4 nitrogen and oxygen atoms in total. The molecule has 4 rings (SSSR count). The van der Waals surface area contributed by atoms with E-state index in [1.54, 1.807) is 32.4 Å². The first kappa shape index (κ1) is 19.8. The van der Waals surface area contributed by atoms with Gasteiger partial charge in [-0.2, -0.15) is 0 Å². The summed E-state index contributed by atoms with van der Waals surface area (Å²) < 4.78 is 11.6. The van der Waals surface area contributed by atoms with Crippen LogP contribution in [0.2, 0.25) is 10.0 Å². The number of halogens is 2. The van der Waals surface area contributed by atoms with Gasteiger partial charge in [-0.1, -0.05) is 53.5 Å². The molecule has 6 heteroatoms. The van der Waals surface area contributed by atoms with Crippen LogP contribution in [0.15, 0.2) is 60.7 Å². The van der Waals surface area contributed by atoms with E-state index in [1.165, 1.54) is 0 Å². The Morgan fingerprint density at radius 2 is 1.86 bits per heavy atom. The van der Waals surface area contributed by atoms with Gasteiger partial charge < -0.3 is 14.8 Å². The van der Waals surface area contributed by atoms with E-state index in [-0.39, 0.29) is 11.8 Å². The van der Waals surface area contributed by atoms with Crippen molar-refractivity contribution in [3.8, 4) is 22.6 Å². The van der Waals surface area contributed by atoms with Crippen molar-refractivity contribution in [2.45, 2.75) is 12.1 Å². The number of ketones is 1. The van der Waals surface area contributed by atoms with Gasteiger partial charge in [-0.15, -0.1) is 0 Å². The Balaban J connectivity index is 1.70. The molecule has 2 atom stereocenters. The number of rotatable bonds is 5. The summed E-state index contributed by atoms with van der Waals surface area (Å²) in [5.41, 5.74) is 3.22. The molecule has 1 aliphatic rings. The number of hydrogen-bond donors (Lipinski definition) is 1. The largest absolute Gasteiger partial charge is 0.496 e. The lowest BCUT2D eigenvalue weighted by atomic mass is 9.95. The summed E-state index contributed by atoms with van der Waals surface area (Å²) in [5, 5.41) is 3.99. The van der Waals surface area contributed by atoms with Gasteiger partial charge in [0, 0.05) is 21.7 Å². The fourth-order valence-electron chi connectivity index (χ4n) is 3.67. The van der Waals surface area contributed by atoms with Gasteiger partial charge in [-0.05, 0) is 42.9 Å². The van der Waals surface area contributed by atoms with Crippen molar-refractivity contribution in [3.05, 3.63) is 81.8 Å². The van der Waals surface area contributed by atoms with Crippen LogP contribution in [0.5, 0.6) is 11.5 Å². The fraction of sp³-hybridized carbons (Fsp3) is 0.174. The second-order valence-corrected chi connectivity index (χ2v) is 7.59. The van der Waals surface area contributed by atoms with E-state index >= 15 is 0 Å². The van der Waals surface area contributed by atoms with E-state index in [4.69, 9.17) is 32.7 Å². The molecule has 3 aromatic rings. The van der Waals surface area contributed by atoms with Crippen LogP contribution in [0, 0.1) is 0 Å². The molecule has 0 fully saturated rings. The summed E-state index contributed by atoms with van der Waals surface area (Å²) in [6.45, 7) is 0. The lowest BCUT2D eigenvalue weighted by Gasteiger charge is -2.18. The number of para-hydroxylation sites is 1. The smallest absolute Gasteiger partial charge is 0.206 e. The number of carbonyl (C=O) groups excluding carboxylic acids is 1. The van der Waals surface area contributed by atoms with E-state index in [9.17, 15) is 4.79 Å². The number of benzene rings is 3. The molecule has 0 radical (unpaired) electrons. The zero-order chi connectivity index (χ0) is 20.5. The van der Waals surface area contributed by atoms with E-state index < -0.39 is 6.10 Å². The molecular formula is C23H19Cl2NO3. The maximum atomic E-state index is 13.2. The summed E-state index contributed by atoms with van der Waals surface area (Å²) in [4.78, 5) is 13.2. The van der Waals surface area contributed by atoms with Crippen molar-refractivity contribution in [3.63, 3.8) is 0 Å². The summed E-state index contributed by atoms with van der Waals surface area (Å²) in [6, 6.07) is 18.3. The molecule has 0 aliphatic carbocycles. The molecule has 0 aromatic heterocycles. The van der Waals surface area contributed by atoms with Crippen molar-refractivity contribution >= 4 is 29.0 Å². The van der Waals surface area contributed by atoms with Gasteiger partial charge in [0.25, 0.3) is 0 Å². The number of nitrogens with one attached hydrogen (secondary N) is 1. The molecule has 1 aliphatic heterocycles. The van der Waals surface area contributed by atoms with Gasteiger partial charge >= 0.3 is 0 Å². The summed E-state index contributed by atoms with van der Waals surface area (Å²) in [5.74, 6) is 1.24. The molecule has 0 amide bonds. The standard InChI is InChI=1S/C23H19Cl2NO3/c1-26-21-17-9-7-13(15-5-3-4-6-19(15)28-2)11-20(17)29-23(21)22(27)16-10-8-14(24)12-18(16)25/h3-12,21,23,26H,1-2H3. The normalized spacial score (nSPS) is 17.5. The maximum Gasteiger partial charge on any atom is 0.206 e. The van der Waals surface area contributed by atoms with Crippen molar-refractivity contribution in [2.24, 2.45) is 0 Å². The Morgan fingerprint density at radius 1 is 1.07 bits per heavy atom. The minimum atomic E-state index is -0.721. The third-order valence-corrected chi connectivity index (χ3v) is 5.64. The first-order valence-corrected chi connectivity index (χ1v) is 9.89. The average molecular weight is 428 g/mol. The summed E-state index contributed by atoms with van der Waals surface area (Å²) in [6.07, 6.45) is -0.721. The van der Waals surface area contributed by atoms with Crippen molar-refractivity contribution in [1.29, 1.82) is 0 Å². The quantitative estimate of drug-likeness (QED) is 0.540. The number of likely N-dealkylation sites (N-methyl/N-ethyl adjacent to an activating group) is 1. The van der Waals surface area contributed by atoms with Crippen molar-refractivity contribution < 1.29 is 14.3 Å². The molecule has 0 spiro atoms. The lowest BCUT2D eigenvalue weighted by Crippen LogP contribution is -2.35. The van der Waals surface area contributed by atoms with Crippen LogP contribution < -0.4 is 14.8 Å². The highest BCUT2D eigenvalue weighted by atomic mass is 35.5. The van der Waals surface area contributed by atoms with Crippen molar-refractivity contribution in [1.82, 2.24) is 5.32 Å². The minimum Gasteiger partial charge on any atom is -0.496 e. The topological polar surface area (TPSA) is 47.6 Å². The van der Waals surface area contributed by atoms with E-state index in [1.807, 2.05) is 42.5 Å². The van der Waals surface area contributed by atoms with Crippen LogP contribution in [0.1, 0.15) is 22.0 Å². The SMILES string of the molecule is CNC1c2ccc(-c3ccccc3OC)cc2OC1C(=O)c1ccc(Cl)cc1Cl. The monoisotopic (exact) mass is 427 g/mol. The van der Waals surface area contributed by atoms with E-state index in [2.05, 4.69) is 5.32 Å². The molecule has 3 aromatic carbocycles. The highest BCUT2D eigenvalue weighted by Crippen LogP contribution is 2.42. The predicted molar refractivity (Wildman–Crippen MR) is 115 cm³/mol. The van der Waals surface area contributed by atoms with Crippen LogP contribution in [-0.4, -0.2) is 26.0 Å². The minimum absolute atomic E-state index is 0.193. The van der Waals surface area contributed by atoms with Crippen LogP contribution in [-0.2, 0) is 0 Å². The molecule has 1 N–H and O–H groups in total. The molecule has 2 unspecified atom stereocenters. The number of ether oxygens (including phenoxy) is 2. The number of carbonyl (C=O) groups is 1. The molecule has 29 heavy (non-hydrogen) atoms. The first-order valence-electron chi connectivity index (χ1n) is 9.14. The van der Waals surface area contributed by atoms with E-state index in [0.29, 0.717) is 21.4 Å². The summed E-state index contributed by atoms with van der Waals surface area (Å²) in [7, 11) is 3.45. The zero-order valence-electron chi connectivity index (χ0n) is 15.9. The van der Waals surface area contributed by atoms with Gasteiger partial charge in [-0.25, -0.2) is 0 Å². The van der Waals surface area contributed by atoms with Gasteiger partial charge in [0.2, 0.25) is 5.78 Å². The predicted octanol–water partition coefficient (Wildman–Crippen LogP) is 5.57. The third kappa shape index (κ3) is 3.60. The van der Waals surface area contributed by atoms with Crippen LogP contribution in [0.25, 0.3) is 11.1 Å². The summed E-state index contributed by atoms with van der Waals surface area (Å²) >= 11 is 12.2. The number of fused-ring (bicyclic) bond motifs is 1. The Kier molecular flexibility index (Phi) is 5.50. The number of Topliss-reactive ketones (excluding diaryl/α,β-unsaturated/α-hetero) is 1. The number of hydrogen-bond acceptors (Lipinski definition) is 4. The Bertz CT molecular complexity index is 1080. The lowest BCUT2D eigenvalue weighted by molar-refractivity contribution is 0.0779. The van der Waals surface area contributed by atoms with Crippen LogP contribution >= 0.6 is 23.2 Å². The number of methoxy groups -OCH3 is 1. The highest BCUT2D eigenvalue weighted by molar-refractivity contribution is 6.37. The molecule has 148 valence electrons. The van der Waals surface area contributed by atoms with Gasteiger partial charge in [0.15, 0.2) is 6.10 Å². The van der Waals surface area contributed by atoms with Gasteiger partial charge in [-0.3, -0.25) is 4.79 Å². The fourth-order valence-corrected chi connectivity index (χ4v) is 4.17. The van der Waals surface area contributed by atoms with Crippen molar-refractivity contribution in [2.75, 3.05) is 14.2 Å². The maximum absolute atomic E-state index is 13.2. The van der Waals surface area contributed by atoms with Gasteiger partial charge in [0.1, 0.15) is 11.5 Å². The second-order valence-electron chi connectivity index (χ2n) is 6.75. The van der Waals surface area contributed by atoms with E-state index in [0.717, 1.165) is 22.4 Å². The van der Waals surface area contributed by atoms with Crippen LogP contribution in [0.3, 0.4) is 0 Å². The average Bonchev–Trinajstić information content (AvgIpc) is 3.11. The molecule has 0 saturated heterocycles.